The third-order valence-electron chi connectivity index (χ3n) is 10.8. The summed E-state index contributed by atoms with van der Waals surface area (Å²) >= 11 is 0. The van der Waals surface area contributed by atoms with Crippen LogP contribution in [0.2, 0.25) is 0 Å². The highest BCUT2D eigenvalue weighted by Gasteiger charge is 2.34. The first-order valence-corrected chi connectivity index (χ1v) is 20.1. The summed E-state index contributed by atoms with van der Waals surface area (Å²) < 4.78 is 19.2. The van der Waals surface area contributed by atoms with Gasteiger partial charge in [-0.2, -0.15) is 0 Å². The summed E-state index contributed by atoms with van der Waals surface area (Å²) in [6.07, 6.45) is 0.101. The predicted molar refractivity (Wildman–Crippen MR) is 227 cm³/mol. The molecule has 2 saturated heterocycles. The van der Waals surface area contributed by atoms with E-state index in [0.29, 0.717) is 18.0 Å². The Kier molecular flexibility index (Phi) is 12.8. The Morgan fingerprint density at radius 3 is 2.02 bits per heavy atom. The molecule has 3 N–H and O–H groups in total. The summed E-state index contributed by atoms with van der Waals surface area (Å²) in [4.78, 5) is 17.8. The van der Waals surface area contributed by atoms with E-state index in [9.17, 15) is 9.90 Å². The predicted octanol–water partition coefficient (Wildman–Crippen LogP) is 9.32. The summed E-state index contributed by atoms with van der Waals surface area (Å²) in [6, 6.07) is 51.9. The molecule has 2 heterocycles. The van der Waals surface area contributed by atoms with Crippen LogP contribution in [-0.4, -0.2) is 59.8 Å². The zero-order chi connectivity index (χ0) is 39.5. The van der Waals surface area contributed by atoms with Crippen molar-refractivity contribution in [2.75, 3.05) is 38.0 Å². The van der Waals surface area contributed by atoms with Crippen molar-refractivity contribution in [1.29, 1.82) is 0 Å². The monoisotopic (exact) mass is 774 g/mol. The molecule has 0 aliphatic carbocycles. The Morgan fingerprint density at radius 2 is 1.29 bits per heavy atom. The Hall–Kier alpha value is -5.81. The van der Waals surface area contributed by atoms with Gasteiger partial charge in [-0.1, -0.05) is 115 Å². The Labute approximate surface area is 340 Å². The van der Waals surface area contributed by atoms with Crippen molar-refractivity contribution < 1.29 is 24.1 Å². The lowest BCUT2D eigenvalue weighted by atomic mass is 9.98. The van der Waals surface area contributed by atoms with E-state index in [1.54, 1.807) is 0 Å². The molecule has 2 aliphatic heterocycles. The molecule has 9 nitrogen and oxygen atoms in total. The number of aliphatic hydroxyl groups is 1. The van der Waals surface area contributed by atoms with Crippen LogP contribution in [-0.2, 0) is 29.2 Å². The van der Waals surface area contributed by atoms with E-state index in [0.717, 1.165) is 84.8 Å². The standard InChI is InChI=1S/C49H50N4O5/c54-35-37-14-16-40(17-15-37)47-31-46(34-53-28-26-52(27-29-53)33-36-8-3-1-4-9-36)57-48(58-47)41-20-18-39(19-21-41)42-11-7-10-38(30-42)32-50-49(55)51-43-22-24-45(25-23-43)56-44-12-5-2-6-13-44/h1-25,30,46-48,54H,26-29,31-35H2,(H2,50,51,55)/t46-,47+,48+/m0/s1. The molecule has 9 heteroatoms. The fraction of sp³-hybridized carbons (Fsp3) is 0.245. The summed E-state index contributed by atoms with van der Waals surface area (Å²) in [7, 11) is 0. The van der Waals surface area contributed by atoms with Crippen LogP contribution in [0.4, 0.5) is 10.5 Å². The van der Waals surface area contributed by atoms with Crippen LogP contribution in [0.25, 0.3) is 11.1 Å². The maximum atomic E-state index is 12.8. The minimum Gasteiger partial charge on any atom is -0.457 e. The van der Waals surface area contributed by atoms with Gasteiger partial charge in [-0.15, -0.1) is 0 Å². The van der Waals surface area contributed by atoms with Crippen LogP contribution >= 0.6 is 0 Å². The van der Waals surface area contributed by atoms with Gasteiger partial charge >= 0.3 is 6.03 Å². The lowest BCUT2D eigenvalue weighted by molar-refractivity contribution is -0.253. The average molecular weight is 775 g/mol. The number of anilines is 1. The van der Waals surface area contributed by atoms with Gasteiger partial charge in [-0.05, 0) is 75.8 Å². The zero-order valence-electron chi connectivity index (χ0n) is 32.6. The number of aliphatic hydroxyl groups excluding tert-OH is 1. The Morgan fingerprint density at radius 1 is 0.638 bits per heavy atom. The lowest BCUT2D eigenvalue weighted by Gasteiger charge is -2.40. The van der Waals surface area contributed by atoms with Gasteiger partial charge in [-0.25, -0.2) is 4.79 Å². The highest BCUT2D eigenvalue weighted by atomic mass is 16.7. The molecule has 2 aliphatic rings. The minimum absolute atomic E-state index is 0.00369. The number of hydrogen-bond donors (Lipinski definition) is 3. The molecule has 296 valence electrons. The second-order valence-corrected chi connectivity index (χ2v) is 15.0. The number of nitrogens with zero attached hydrogens (tertiary/aromatic N) is 2. The molecule has 0 radical (unpaired) electrons. The number of rotatable bonds is 13. The molecule has 58 heavy (non-hydrogen) atoms. The van der Waals surface area contributed by atoms with Crippen LogP contribution in [0.15, 0.2) is 158 Å². The Balaban J connectivity index is 0.875. The normalized spacial score (nSPS) is 18.7. The van der Waals surface area contributed by atoms with E-state index in [4.69, 9.17) is 14.2 Å². The number of para-hydroxylation sites is 1. The summed E-state index contributed by atoms with van der Waals surface area (Å²) in [6.45, 7) is 6.27. The van der Waals surface area contributed by atoms with Crippen LogP contribution < -0.4 is 15.4 Å². The van der Waals surface area contributed by atoms with E-state index >= 15 is 0 Å². The van der Waals surface area contributed by atoms with Gasteiger partial charge in [0, 0.05) is 63.5 Å². The molecule has 0 unspecified atom stereocenters. The van der Waals surface area contributed by atoms with Crippen molar-refractivity contribution in [1.82, 2.24) is 15.1 Å². The minimum atomic E-state index is -0.517. The first-order valence-electron chi connectivity index (χ1n) is 20.1. The lowest BCUT2D eigenvalue weighted by Crippen LogP contribution is -2.49. The first-order chi connectivity index (χ1) is 28.5. The average Bonchev–Trinajstić information content (AvgIpc) is 3.28. The van der Waals surface area contributed by atoms with Gasteiger partial charge in [0.15, 0.2) is 6.29 Å². The summed E-state index contributed by atoms with van der Waals surface area (Å²) in [5.74, 6) is 1.45. The largest absolute Gasteiger partial charge is 0.457 e. The van der Waals surface area contributed by atoms with Crippen molar-refractivity contribution in [3.63, 3.8) is 0 Å². The number of piperazine rings is 1. The van der Waals surface area contributed by atoms with Gasteiger partial charge in [0.1, 0.15) is 11.5 Å². The van der Waals surface area contributed by atoms with Gasteiger partial charge in [0.25, 0.3) is 0 Å². The van der Waals surface area contributed by atoms with E-state index in [2.05, 4.69) is 99.3 Å². The van der Waals surface area contributed by atoms with E-state index in [-0.39, 0.29) is 24.8 Å². The number of urea groups is 1. The van der Waals surface area contributed by atoms with E-state index in [1.165, 1.54) is 5.56 Å². The van der Waals surface area contributed by atoms with Gasteiger partial charge in [-0.3, -0.25) is 9.80 Å². The Bertz CT molecular complexity index is 2190. The van der Waals surface area contributed by atoms with Crippen LogP contribution in [0, 0.1) is 0 Å². The number of carbonyl (C=O) groups is 1. The summed E-state index contributed by atoms with van der Waals surface area (Å²) in [5.41, 5.74) is 8.06. The summed E-state index contributed by atoms with van der Waals surface area (Å²) in [5, 5.41) is 15.5. The number of amides is 2. The maximum Gasteiger partial charge on any atom is 0.319 e. The quantitative estimate of drug-likeness (QED) is 0.108. The van der Waals surface area contributed by atoms with E-state index < -0.39 is 6.29 Å². The van der Waals surface area contributed by atoms with Gasteiger partial charge in [0.05, 0.1) is 18.8 Å². The fourth-order valence-electron chi connectivity index (χ4n) is 7.57. The van der Waals surface area contributed by atoms with Gasteiger partial charge < -0.3 is 30.0 Å². The SMILES string of the molecule is O=C(NCc1cccc(-c2ccc([C@@H]3O[C@H](CN4CCN(Cc5ccccc5)CC4)C[C@H](c4ccc(CO)cc4)O3)cc2)c1)Nc1ccc(Oc2ccccc2)cc1. The van der Waals surface area contributed by atoms with Crippen LogP contribution in [0.5, 0.6) is 11.5 Å². The van der Waals surface area contributed by atoms with Gasteiger partial charge in [0.2, 0.25) is 0 Å². The van der Waals surface area contributed by atoms with Crippen molar-refractivity contribution >= 4 is 11.7 Å². The molecule has 8 rings (SSSR count). The first kappa shape index (κ1) is 39.0. The number of nitrogens with one attached hydrogen (secondary N) is 2. The number of carbonyl (C=O) groups excluding carboxylic acids is 1. The second kappa shape index (κ2) is 19.1. The highest BCUT2D eigenvalue weighted by molar-refractivity contribution is 5.89. The molecule has 0 spiro atoms. The molecule has 2 fully saturated rings. The molecular weight excluding hydrogens is 725 g/mol. The topological polar surface area (TPSA) is 95.5 Å². The molecule has 0 saturated carbocycles. The van der Waals surface area contributed by atoms with Crippen LogP contribution in [0.3, 0.4) is 0 Å². The maximum absolute atomic E-state index is 12.8. The number of benzene rings is 6. The molecule has 3 atom stereocenters. The van der Waals surface area contributed by atoms with Crippen molar-refractivity contribution in [2.24, 2.45) is 0 Å². The fourth-order valence-corrected chi connectivity index (χ4v) is 7.57. The molecule has 0 bridgehead atoms. The molecule has 2 amide bonds. The molecule has 6 aromatic rings. The molecule has 0 aromatic heterocycles. The highest BCUT2D eigenvalue weighted by Crippen LogP contribution is 2.39. The third-order valence-corrected chi connectivity index (χ3v) is 10.8. The van der Waals surface area contributed by atoms with E-state index in [1.807, 2.05) is 78.9 Å². The molecule has 6 aromatic carbocycles. The third kappa shape index (κ3) is 10.6. The van der Waals surface area contributed by atoms with Crippen molar-refractivity contribution in [3.05, 3.63) is 186 Å². The second-order valence-electron chi connectivity index (χ2n) is 15.0. The smallest absolute Gasteiger partial charge is 0.319 e. The van der Waals surface area contributed by atoms with Crippen molar-refractivity contribution in [2.45, 2.75) is 44.6 Å². The van der Waals surface area contributed by atoms with Crippen molar-refractivity contribution in [3.8, 4) is 22.6 Å². The zero-order valence-corrected chi connectivity index (χ0v) is 32.6. The molecular formula is C49H50N4O5. The number of hydrogen-bond acceptors (Lipinski definition) is 7. The number of ether oxygens (including phenoxy) is 3. The van der Waals surface area contributed by atoms with Crippen LogP contribution in [0.1, 0.15) is 46.6 Å².